The maximum atomic E-state index is 12.5. The van der Waals surface area contributed by atoms with Crippen LogP contribution >= 0.6 is 0 Å². The Hall–Kier alpha value is -1.54. The fourth-order valence-corrected chi connectivity index (χ4v) is 3.14. The van der Waals surface area contributed by atoms with E-state index in [0.29, 0.717) is 13.1 Å². The SMILES string of the molecule is C[C@H]1CN(C(=O)c2ccc(S(=O)(=O)C(F)F)cc2)C[C@H](C)O1. The number of hydrogen-bond acceptors (Lipinski definition) is 4. The summed E-state index contributed by atoms with van der Waals surface area (Å²) in [6.07, 6.45) is -0.183. The number of rotatable bonds is 3. The van der Waals surface area contributed by atoms with Crippen molar-refractivity contribution in [1.82, 2.24) is 4.90 Å². The average molecular weight is 333 g/mol. The van der Waals surface area contributed by atoms with E-state index < -0.39 is 20.5 Å². The van der Waals surface area contributed by atoms with Gasteiger partial charge in [-0.05, 0) is 38.1 Å². The Bertz CT molecular complexity index is 635. The first-order chi connectivity index (χ1) is 10.2. The second-order valence-corrected chi connectivity index (χ2v) is 7.22. The van der Waals surface area contributed by atoms with Gasteiger partial charge < -0.3 is 9.64 Å². The van der Waals surface area contributed by atoms with Gasteiger partial charge >= 0.3 is 5.76 Å². The topological polar surface area (TPSA) is 63.7 Å². The van der Waals surface area contributed by atoms with Gasteiger partial charge in [-0.15, -0.1) is 0 Å². The number of amides is 1. The second kappa shape index (κ2) is 6.29. The number of nitrogens with zero attached hydrogens (tertiary/aromatic N) is 1. The van der Waals surface area contributed by atoms with Gasteiger partial charge in [0.2, 0.25) is 9.84 Å². The van der Waals surface area contributed by atoms with Crippen LogP contribution in [-0.2, 0) is 14.6 Å². The van der Waals surface area contributed by atoms with Gasteiger partial charge in [-0.3, -0.25) is 4.79 Å². The molecule has 0 unspecified atom stereocenters. The monoisotopic (exact) mass is 333 g/mol. The molecule has 0 aromatic heterocycles. The minimum absolute atomic E-state index is 0.0915. The van der Waals surface area contributed by atoms with Crippen LogP contribution < -0.4 is 0 Å². The highest BCUT2D eigenvalue weighted by atomic mass is 32.2. The molecule has 1 fully saturated rings. The predicted octanol–water partition coefficient (Wildman–Crippen LogP) is 1.93. The molecule has 0 N–H and O–H groups in total. The average Bonchev–Trinajstić information content (AvgIpc) is 2.45. The Balaban J connectivity index is 2.18. The summed E-state index contributed by atoms with van der Waals surface area (Å²) < 4.78 is 53.1. The van der Waals surface area contributed by atoms with Crippen LogP contribution in [0.15, 0.2) is 29.2 Å². The predicted molar refractivity (Wildman–Crippen MR) is 75.5 cm³/mol. The van der Waals surface area contributed by atoms with E-state index in [1.165, 1.54) is 12.1 Å². The lowest BCUT2D eigenvalue weighted by molar-refractivity contribution is -0.0586. The number of benzene rings is 1. The molecule has 2 rings (SSSR count). The maximum Gasteiger partial charge on any atom is 0.341 e. The highest BCUT2D eigenvalue weighted by Crippen LogP contribution is 2.20. The van der Waals surface area contributed by atoms with Crippen molar-refractivity contribution in [2.75, 3.05) is 13.1 Å². The number of ether oxygens (including phenoxy) is 1. The largest absolute Gasteiger partial charge is 0.372 e. The lowest BCUT2D eigenvalue weighted by Crippen LogP contribution is -2.48. The van der Waals surface area contributed by atoms with E-state index in [0.717, 1.165) is 12.1 Å². The summed E-state index contributed by atoms with van der Waals surface area (Å²) in [6.45, 7) is 4.57. The molecule has 0 saturated carbocycles. The molecule has 1 amide bonds. The van der Waals surface area contributed by atoms with Gasteiger partial charge in [0.05, 0.1) is 17.1 Å². The van der Waals surface area contributed by atoms with Crippen LogP contribution in [0.4, 0.5) is 8.78 Å². The van der Waals surface area contributed by atoms with Crippen LogP contribution in [0.2, 0.25) is 0 Å². The molecule has 1 saturated heterocycles. The Labute approximate surface area is 127 Å². The maximum absolute atomic E-state index is 12.5. The summed E-state index contributed by atoms with van der Waals surface area (Å²) in [6, 6.07) is 4.56. The van der Waals surface area contributed by atoms with Crippen molar-refractivity contribution in [3.8, 4) is 0 Å². The number of carbonyl (C=O) groups is 1. The third-order valence-corrected chi connectivity index (χ3v) is 4.77. The molecule has 1 aromatic carbocycles. The van der Waals surface area contributed by atoms with Crippen LogP contribution in [0, 0.1) is 0 Å². The van der Waals surface area contributed by atoms with Crippen molar-refractivity contribution in [3.63, 3.8) is 0 Å². The van der Waals surface area contributed by atoms with E-state index >= 15 is 0 Å². The molecule has 122 valence electrons. The van der Waals surface area contributed by atoms with Crippen molar-refractivity contribution >= 4 is 15.7 Å². The summed E-state index contributed by atoms with van der Waals surface area (Å²) in [4.78, 5) is 13.5. The Kier molecular flexibility index (Phi) is 4.81. The van der Waals surface area contributed by atoms with Crippen LogP contribution in [0.25, 0.3) is 0 Å². The molecule has 1 heterocycles. The van der Waals surface area contributed by atoms with Gasteiger partial charge in [0.15, 0.2) is 0 Å². The normalized spacial score (nSPS) is 22.9. The Morgan fingerprint density at radius 3 is 2.14 bits per heavy atom. The van der Waals surface area contributed by atoms with Gasteiger partial charge in [-0.2, -0.15) is 8.78 Å². The first-order valence-corrected chi connectivity index (χ1v) is 8.33. The van der Waals surface area contributed by atoms with Gasteiger partial charge in [0, 0.05) is 18.7 Å². The van der Waals surface area contributed by atoms with Crippen LogP contribution in [-0.4, -0.2) is 50.3 Å². The van der Waals surface area contributed by atoms with E-state index in [1.807, 2.05) is 13.8 Å². The fraction of sp³-hybridized carbons (Fsp3) is 0.500. The molecule has 2 atom stereocenters. The first-order valence-electron chi connectivity index (χ1n) is 6.78. The zero-order valence-corrected chi connectivity index (χ0v) is 13.0. The summed E-state index contributed by atoms with van der Waals surface area (Å²) in [7, 11) is -4.64. The minimum atomic E-state index is -4.64. The lowest BCUT2D eigenvalue weighted by Gasteiger charge is -2.35. The summed E-state index contributed by atoms with van der Waals surface area (Å²) in [5.41, 5.74) is 0.259. The lowest BCUT2D eigenvalue weighted by atomic mass is 10.1. The zero-order chi connectivity index (χ0) is 16.5. The minimum Gasteiger partial charge on any atom is -0.372 e. The third-order valence-electron chi connectivity index (χ3n) is 3.37. The van der Waals surface area contributed by atoms with E-state index in [-0.39, 0.29) is 23.7 Å². The first kappa shape index (κ1) is 16.8. The third kappa shape index (κ3) is 3.44. The molecule has 22 heavy (non-hydrogen) atoms. The number of carbonyl (C=O) groups excluding carboxylic acids is 1. The van der Waals surface area contributed by atoms with Crippen molar-refractivity contribution < 1.29 is 26.7 Å². The van der Waals surface area contributed by atoms with E-state index in [2.05, 4.69) is 0 Å². The molecule has 1 aliphatic rings. The Morgan fingerprint density at radius 2 is 1.68 bits per heavy atom. The standard InChI is InChI=1S/C14H17F2NO4S/c1-9-7-17(8-10(2)21-9)13(18)11-3-5-12(6-4-11)22(19,20)14(15)16/h3-6,9-10,14H,7-8H2,1-2H3/t9-,10-/m0/s1. The van der Waals surface area contributed by atoms with Crippen molar-refractivity contribution in [1.29, 1.82) is 0 Å². The molecule has 8 heteroatoms. The van der Waals surface area contributed by atoms with Crippen molar-refractivity contribution in [2.45, 2.75) is 36.7 Å². The van der Waals surface area contributed by atoms with Crippen molar-refractivity contribution in [3.05, 3.63) is 29.8 Å². The molecule has 0 bridgehead atoms. The molecule has 0 aliphatic carbocycles. The van der Waals surface area contributed by atoms with Gasteiger partial charge in [0.1, 0.15) is 0 Å². The van der Waals surface area contributed by atoms with Crippen LogP contribution in [0.3, 0.4) is 0 Å². The Morgan fingerprint density at radius 1 is 1.18 bits per heavy atom. The zero-order valence-electron chi connectivity index (χ0n) is 12.2. The van der Waals surface area contributed by atoms with Gasteiger partial charge in [-0.25, -0.2) is 8.42 Å². The van der Waals surface area contributed by atoms with E-state index in [1.54, 1.807) is 4.90 Å². The molecule has 1 aliphatic heterocycles. The van der Waals surface area contributed by atoms with E-state index in [4.69, 9.17) is 4.74 Å². The number of alkyl halides is 2. The summed E-state index contributed by atoms with van der Waals surface area (Å²) in [5, 5.41) is 0. The number of morpholine rings is 1. The van der Waals surface area contributed by atoms with E-state index in [9.17, 15) is 22.0 Å². The number of hydrogen-bond donors (Lipinski definition) is 0. The molecule has 5 nitrogen and oxygen atoms in total. The van der Waals surface area contributed by atoms with Crippen LogP contribution in [0.1, 0.15) is 24.2 Å². The number of halogens is 2. The highest BCUT2D eigenvalue weighted by Gasteiger charge is 2.28. The van der Waals surface area contributed by atoms with Crippen molar-refractivity contribution in [2.24, 2.45) is 0 Å². The van der Waals surface area contributed by atoms with Crippen LogP contribution in [0.5, 0.6) is 0 Å². The molecule has 0 spiro atoms. The smallest absolute Gasteiger partial charge is 0.341 e. The number of sulfone groups is 1. The summed E-state index contributed by atoms with van der Waals surface area (Å²) in [5.74, 6) is -3.75. The molecular weight excluding hydrogens is 316 g/mol. The summed E-state index contributed by atoms with van der Waals surface area (Å²) >= 11 is 0. The van der Waals surface area contributed by atoms with Gasteiger partial charge in [-0.1, -0.05) is 0 Å². The quantitative estimate of drug-likeness (QED) is 0.848. The highest BCUT2D eigenvalue weighted by molar-refractivity contribution is 7.91. The second-order valence-electron chi connectivity index (χ2n) is 5.30. The molecular formula is C14H17F2NO4S. The fourth-order valence-electron chi connectivity index (χ4n) is 2.42. The molecule has 0 radical (unpaired) electrons. The van der Waals surface area contributed by atoms with Gasteiger partial charge in [0.25, 0.3) is 5.91 Å². The molecule has 1 aromatic rings.